The van der Waals surface area contributed by atoms with Crippen LogP contribution in [0.1, 0.15) is 31.2 Å². The van der Waals surface area contributed by atoms with Crippen LogP contribution >= 0.6 is 0 Å². The van der Waals surface area contributed by atoms with Crippen molar-refractivity contribution in [1.82, 2.24) is 0 Å². The zero-order valence-corrected chi connectivity index (χ0v) is 10.9. The molecule has 0 radical (unpaired) electrons. The van der Waals surface area contributed by atoms with Crippen LogP contribution < -0.4 is 11.1 Å². The second-order valence-corrected chi connectivity index (χ2v) is 5.65. The first-order chi connectivity index (χ1) is 9.20. The average molecular weight is 262 g/mol. The number of rotatable bonds is 3. The Balaban J connectivity index is 1.67. The highest BCUT2D eigenvalue weighted by molar-refractivity contribution is 5.95. The Bertz CT molecular complexity index is 491. The lowest BCUT2D eigenvalue weighted by Gasteiger charge is -2.07. The van der Waals surface area contributed by atoms with E-state index >= 15 is 0 Å². The summed E-state index contributed by atoms with van der Waals surface area (Å²) < 4.78 is 13.8. The van der Waals surface area contributed by atoms with E-state index in [2.05, 4.69) is 5.32 Å². The number of carbonyl (C=O) groups excluding carboxylic acids is 1. The second-order valence-electron chi connectivity index (χ2n) is 5.65. The van der Waals surface area contributed by atoms with Gasteiger partial charge in [-0.25, -0.2) is 4.39 Å². The minimum Gasteiger partial charge on any atom is -0.326 e. The van der Waals surface area contributed by atoms with Gasteiger partial charge in [0.1, 0.15) is 5.82 Å². The van der Waals surface area contributed by atoms with E-state index in [0.29, 0.717) is 18.4 Å². The van der Waals surface area contributed by atoms with Crippen LogP contribution in [0.25, 0.3) is 0 Å². The van der Waals surface area contributed by atoms with E-state index in [1.54, 1.807) is 12.1 Å². The highest BCUT2D eigenvalue weighted by Crippen LogP contribution is 2.55. The van der Waals surface area contributed by atoms with E-state index in [4.69, 9.17) is 5.73 Å². The molecule has 2 saturated carbocycles. The van der Waals surface area contributed by atoms with Crippen LogP contribution in [0.3, 0.4) is 0 Å². The highest BCUT2D eigenvalue weighted by atomic mass is 19.1. The van der Waals surface area contributed by atoms with Crippen molar-refractivity contribution in [3.63, 3.8) is 0 Å². The molecule has 3 N–H and O–H groups in total. The molecule has 1 aromatic carbocycles. The summed E-state index contributed by atoms with van der Waals surface area (Å²) in [6.45, 7) is 0.303. The minimum absolute atomic E-state index is 0.0173. The number of hydrogen-bond acceptors (Lipinski definition) is 2. The second kappa shape index (κ2) is 4.93. The van der Waals surface area contributed by atoms with Gasteiger partial charge in [0.2, 0.25) is 5.91 Å². The van der Waals surface area contributed by atoms with Crippen molar-refractivity contribution in [2.75, 3.05) is 5.32 Å². The first kappa shape index (κ1) is 12.6. The maximum Gasteiger partial charge on any atom is 0.228 e. The number of anilines is 1. The third kappa shape index (κ3) is 2.37. The van der Waals surface area contributed by atoms with Crippen molar-refractivity contribution in [3.8, 4) is 0 Å². The Kier molecular flexibility index (Phi) is 3.27. The van der Waals surface area contributed by atoms with E-state index < -0.39 is 5.82 Å². The van der Waals surface area contributed by atoms with Gasteiger partial charge >= 0.3 is 0 Å². The predicted molar refractivity (Wildman–Crippen MR) is 71.9 cm³/mol. The molecule has 0 aliphatic heterocycles. The molecular weight excluding hydrogens is 243 g/mol. The van der Waals surface area contributed by atoms with Crippen molar-refractivity contribution in [3.05, 3.63) is 29.6 Å². The molecule has 2 fully saturated rings. The van der Waals surface area contributed by atoms with Gasteiger partial charge in [0.15, 0.2) is 0 Å². The Hall–Kier alpha value is -1.42. The van der Waals surface area contributed by atoms with Crippen LogP contribution in [-0.4, -0.2) is 5.91 Å². The van der Waals surface area contributed by atoms with Gasteiger partial charge in [-0.15, -0.1) is 0 Å². The summed E-state index contributed by atoms with van der Waals surface area (Å²) in [5.74, 6) is 0.771. The van der Waals surface area contributed by atoms with Gasteiger partial charge < -0.3 is 11.1 Å². The Morgan fingerprint density at radius 1 is 1.32 bits per heavy atom. The molecule has 2 aliphatic rings. The van der Waals surface area contributed by atoms with Crippen LogP contribution in [0, 0.1) is 23.6 Å². The lowest BCUT2D eigenvalue weighted by atomic mass is 10.0. The first-order valence-electron chi connectivity index (χ1n) is 7.00. The zero-order chi connectivity index (χ0) is 13.4. The Morgan fingerprint density at radius 3 is 2.58 bits per heavy atom. The lowest BCUT2D eigenvalue weighted by Crippen LogP contribution is -2.16. The summed E-state index contributed by atoms with van der Waals surface area (Å²) in [6.07, 6.45) is 4.75. The van der Waals surface area contributed by atoms with Crippen LogP contribution in [0.5, 0.6) is 0 Å². The van der Waals surface area contributed by atoms with Crippen molar-refractivity contribution in [2.45, 2.75) is 32.2 Å². The zero-order valence-electron chi connectivity index (χ0n) is 10.9. The van der Waals surface area contributed by atoms with Gasteiger partial charge in [0.05, 0.1) is 5.69 Å². The van der Waals surface area contributed by atoms with Gasteiger partial charge in [0, 0.05) is 12.5 Å². The number of benzene rings is 1. The summed E-state index contributed by atoms with van der Waals surface area (Å²) in [4.78, 5) is 12.1. The summed E-state index contributed by atoms with van der Waals surface area (Å²) in [6, 6.07) is 4.73. The van der Waals surface area contributed by atoms with Gasteiger partial charge in [-0.3, -0.25) is 4.79 Å². The van der Waals surface area contributed by atoms with E-state index in [0.717, 1.165) is 18.4 Å². The number of nitrogens with two attached hydrogens (primary N) is 1. The molecule has 102 valence electrons. The molecule has 2 aliphatic carbocycles. The molecule has 2 unspecified atom stereocenters. The smallest absolute Gasteiger partial charge is 0.228 e. The van der Waals surface area contributed by atoms with E-state index in [1.807, 2.05) is 0 Å². The average Bonchev–Trinajstić information content (AvgIpc) is 3.15. The molecule has 0 spiro atoms. The van der Waals surface area contributed by atoms with Crippen molar-refractivity contribution in [1.29, 1.82) is 0 Å². The number of fused-ring (bicyclic) bond motifs is 1. The van der Waals surface area contributed by atoms with Gasteiger partial charge in [-0.2, -0.15) is 0 Å². The quantitative estimate of drug-likeness (QED) is 0.880. The first-order valence-corrected chi connectivity index (χ1v) is 7.00. The SMILES string of the molecule is NCc1ccc(NC(=O)C2C3CCCCC32)c(F)c1. The van der Waals surface area contributed by atoms with Gasteiger partial charge in [-0.1, -0.05) is 18.9 Å². The highest BCUT2D eigenvalue weighted by Gasteiger charge is 2.54. The third-order valence-electron chi connectivity index (χ3n) is 4.49. The summed E-state index contributed by atoms with van der Waals surface area (Å²) >= 11 is 0. The topological polar surface area (TPSA) is 55.1 Å². The fourth-order valence-electron chi connectivity index (χ4n) is 3.38. The fourth-order valence-corrected chi connectivity index (χ4v) is 3.38. The van der Waals surface area contributed by atoms with E-state index in [-0.39, 0.29) is 17.5 Å². The number of hydrogen-bond donors (Lipinski definition) is 2. The molecule has 2 atom stereocenters. The molecule has 4 heteroatoms. The lowest BCUT2D eigenvalue weighted by molar-refractivity contribution is -0.117. The van der Waals surface area contributed by atoms with E-state index in [9.17, 15) is 9.18 Å². The Morgan fingerprint density at radius 2 is 2.00 bits per heavy atom. The monoisotopic (exact) mass is 262 g/mol. The number of nitrogens with one attached hydrogen (secondary N) is 1. The van der Waals surface area contributed by atoms with Crippen molar-refractivity contribution < 1.29 is 9.18 Å². The number of halogens is 1. The molecule has 19 heavy (non-hydrogen) atoms. The molecule has 0 saturated heterocycles. The molecular formula is C15H19FN2O. The molecule has 0 heterocycles. The molecule has 1 amide bonds. The van der Waals surface area contributed by atoms with Gasteiger partial charge in [0.25, 0.3) is 0 Å². The van der Waals surface area contributed by atoms with Crippen molar-refractivity contribution >= 4 is 11.6 Å². The van der Waals surface area contributed by atoms with Crippen LogP contribution in [0.2, 0.25) is 0 Å². The summed E-state index contributed by atoms with van der Waals surface area (Å²) in [5.41, 5.74) is 6.45. The molecule has 0 aromatic heterocycles. The predicted octanol–water partition coefficient (Wildman–Crippen LogP) is 2.66. The molecule has 1 aromatic rings. The van der Waals surface area contributed by atoms with Crippen LogP contribution in [-0.2, 0) is 11.3 Å². The largest absolute Gasteiger partial charge is 0.326 e. The maximum atomic E-state index is 13.8. The van der Waals surface area contributed by atoms with Crippen molar-refractivity contribution in [2.24, 2.45) is 23.5 Å². The molecule has 0 bridgehead atoms. The van der Waals surface area contributed by atoms with Crippen LogP contribution in [0.4, 0.5) is 10.1 Å². The fraction of sp³-hybridized carbons (Fsp3) is 0.533. The Labute approximate surface area is 112 Å². The number of amides is 1. The normalized spacial score (nSPS) is 28.6. The standard InChI is InChI=1S/C15H19FN2O/c16-12-7-9(8-17)5-6-13(12)18-15(19)14-10-3-1-2-4-11(10)14/h5-7,10-11,14H,1-4,8,17H2,(H,18,19). The van der Waals surface area contributed by atoms with E-state index in [1.165, 1.54) is 18.9 Å². The molecule has 3 nitrogen and oxygen atoms in total. The number of carbonyl (C=O) groups is 1. The minimum atomic E-state index is -0.403. The van der Waals surface area contributed by atoms with Gasteiger partial charge in [-0.05, 0) is 42.4 Å². The summed E-state index contributed by atoms with van der Waals surface area (Å²) in [7, 11) is 0. The third-order valence-corrected chi connectivity index (χ3v) is 4.49. The maximum absolute atomic E-state index is 13.8. The summed E-state index contributed by atoms with van der Waals surface area (Å²) in [5, 5.41) is 2.73. The van der Waals surface area contributed by atoms with Crippen LogP contribution in [0.15, 0.2) is 18.2 Å². The molecule has 3 rings (SSSR count).